The Morgan fingerprint density at radius 1 is 1.15 bits per heavy atom. The lowest BCUT2D eigenvalue weighted by atomic mass is 9.92. The van der Waals surface area contributed by atoms with E-state index < -0.39 is 0 Å². The highest BCUT2D eigenvalue weighted by Gasteiger charge is 2.30. The molecule has 1 aliphatic rings. The molecule has 0 spiro atoms. The van der Waals surface area contributed by atoms with Crippen molar-refractivity contribution in [3.63, 3.8) is 0 Å². The Kier molecular flexibility index (Phi) is 5.88. The summed E-state index contributed by atoms with van der Waals surface area (Å²) in [6, 6.07) is 4.85. The molecule has 1 heterocycles. The highest BCUT2D eigenvalue weighted by Crippen LogP contribution is 2.35. The van der Waals surface area contributed by atoms with E-state index >= 15 is 0 Å². The minimum atomic E-state index is 0.276. The van der Waals surface area contributed by atoms with Crippen LogP contribution in [-0.4, -0.2) is 28.0 Å². The fourth-order valence-corrected chi connectivity index (χ4v) is 6.41. The molecule has 1 aliphatic heterocycles. The fourth-order valence-electron chi connectivity index (χ4n) is 3.22. The Morgan fingerprint density at radius 2 is 1.75 bits per heavy atom. The molecule has 0 aliphatic carbocycles. The lowest BCUT2D eigenvalue weighted by Gasteiger charge is -2.34. The largest absolute Gasteiger partial charge is 0.326 e. The molecular weight excluding hydrogens is 282 g/mol. The predicted octanol–water partition coefficient (Wildman–Crippen LogP) is 4.11. The van der Waals surface area contributed by atoms with Crippen molar-refractivity contribution in [3.05, 3.63) is 34.4 Å². The SMILES string of the molecule is CCC1SCCSC1C(N)Cc1c(C)cc(C)cc1C. The summed E-state index contributed by atoms with van der Waals surface area (Å²) < 4.78 is 0. The first kappa shape index (κ1) is 16.3. The van der Waals surface area contributed by atoms with Crippen LogP contribution < -0.4 is 5.73 Å². The molecule has 3 heteroatoms. The maximum atomic E-state index is 6.59. The number of nitrogens with two attached hydrogens (primary N) is 1. The van der Waals surface area contributed by atoms with E-state index in [4.69, 9.17) is 5.73 Å². The Bertz CT molecular complexity index is 435. The second-order valence-corrected chi connectivity index (χ2v) is 8.53. The predicted molar refractivity (Wildman–Crippen MR) is 95.1 cm³/mol. The van der Waals surface area contributed by atoms with E-state index in [2.05, 4.69) is 63.4 Å². The van der Waals surface area contributed by atoms with Crippen molar-refractivity contribution in [3.8, 4) is 0 Å². The number of benzene rings is 1. The third kappa shape index (κ3) is 3.75. The fraction of sp³-hybridized carbons (Fsp3) is 0.647. The van der Waals surface area contributed by atoms with E-state index in [1.54, 1.807) is 0 Å². The summed E-state index contributed by atoms with van der Waals surface area (Å²) in [5.41, 5.74) is 12.2. The van der Waals surface area contributed by atoms with Gasteiger partial charge in [-0.1, -0.05) is 24.6 Å². The molecule has 1 aromatic rings. The Hall–Kier alpha value is -0.120. The molecule has 2 rings (SSSR count). The van der Waals surface area contributed by atoms with E-state index in [0.29, 0.717) is 5.25 Å². The third-order valence-corrected chi connectivity index (χ3v) is 7.62. The lowest BCUT2D eigenvalue weighted by molar-refractivity contribution is 0.595. The molecule has 0 radical (unpaired) electrons. The van der Waals surface area contributed by atoms with Gasteiger partial charge in [-0.2, -0.15) is 23.5 Å². The zero-order valence-electron chi connectivity index (χ0n) is 13.1. The van der Waals surface area contributed by atoms with Gasteiger partial charge in [0.2, 0.25) is 0 Å². The van der Waals surface area contributed by atoms with Gasteiger partial charge in [-0.3, -0.25) is 0 Å². The lowest BCUT2D eigenvalue weighted by Crippen LogP contribution is -2.43. The normalized spacial score (nSPS) is 24.6. The molecule has 0 aromatic heterocycles. The number of hydrogen-bond donors (Lipinski definition) is 1. The monoisotopic (exact) mass is 309 g/mol. The Balaban J connectivity index is 2.12. The van der Waals surface area contributed by atoms with Crippen LogP contribution in [0.2, 0.25) is 0 Å². The Morgan fingerprint density at radius 3 is 2.35 bits per heavy atom. The van der Waals surface area contributed by atoms with Crippen molar-refractivity contribution in [1.82, 2.24) is 0 Å². The van der Waals surface area contributed by atoms with Crippen LogP contribution in [0.3, 0.4) is 0 Å². The van der Waals surface area contributed by atoms with Crippen LogP contribution in [0.4, 0.5) is 0 Å². The van der Waals surface area contributed by atoms with Crippen LogP contribution in [0.15, 0.2) is 12.1 Å². The smallest absolute Gasteiger partial charge is 0.0321 e. The molecule has 0 bridgehead atoms. The van der Waals surface area contributed by atoms with Gasteiger partial charge in [-0.05, 0) is 50.3 Å². The van der Waals surface area contributed by atoms with Crippen molar-refractivity contribution < 1.29 is 0 Å². The van der Waals surface area contributed by atoms with Gasteiger partial charge in [0, 0.05) is 28.0 Å². The van der Waals surface area contributed by atoms with Crippen molar-refractivity contribution in [2.45, 2.75) is 57.1 Å². The molecular formula is C17H27NS2. The van der Waals surface area contributed by atoms with Crippen LogP contribution in [0, 0.1) is 20.8 Å². The number of hydrogen-bond acceptors (Lipinski definition) is 3. The number of thioether (sulfide) groups is 2. The van der Waals surface area contributed by atoms with Crippen LogP contribution >= 0.6 is 23.5 Å². The zero-order chi connectivity index (χ0) is 14.7. The van der Waals surface area contributed by atoms with E-state index in [-0.39, 0.29) is 6.04 Å². The van der Waals surface area contributed by atoms with Gasteiger partial charge in [-0.25, -0.2) is 0 Å². The summed E-state index contributed by atoms with van der Waals surface area (Å²) >= 11 is 4.21. The minimum absolute atomic E-state index is 0.276. The van der Waals surface area contributed by atoms with Crippen LogP contribution in [0.25, 0.3) is 0 Å². The summed E-state index contributed by atoms with van der Waals surface area (Å²) in [5.74, 6) is 2.54. The second kappa shape index (κ2) is 7.24. The van der Waals surface area contributed by atoms with E-state index in [9.17, 15) is 0 Å². The number of rotatable bonds is 4. The van der Waals surface area contributed by atoms with Gasteiger partial charge < -0.3 is 5.73 Å². The van der Waals surface area contributed by atoms with Gasteiger partial charge >= 0.3 is 0 Å². The summed E-state index contributed by atoms with van der Waals surface area (Å²) in [7, 11) is 0. The van der Waals surface area contributed by atoms with Gasteiger partial charge in [0.15, 0.2) is 0 Å². The molecule has 3 atom stereocenters. The van der Waals surface area contributed by atoms with Crippen LogP contribution in [0.1, 0.15) is 35.6 Å². The molecule has 112 valence electrons. The number of aryl methyl sites for hydroxylation is 3. The third-order valence-electron chi connectivity index (χ3n) is 4.20. The molecule has 1 nitrogen and oxygen atoms in total. The standard InChI is InChI=1S/C17H27NS2/c1-5-16-17(20-7-6-19-16)15(18)10-14-12(3)8-11(2)9-13(14)4/h8-9,15-17H,5-7,10,18H2,1-4H3. The van der Waals surface area contributed by atoms with Gasteiger partial charge in [0.25, 0.3) is 0 Å². The maximum Gasteiger partial charge on any atom is 0.0321 e. The van der Waals surface area contributed by atoms with Crippen molar-refractivity contribution in [1.29, 1.82) is 0 Å². The van der Waals surface area contributed by atoms with Gasteiger partial charge in [0.05, 0.1) is 0 Å². The molecule has 1 aromatic carbocycles. The summed E-state index contributed by atoms with van der Waals surface area (Å²) in [4.78, 5) is 0. The summed E-state index contributed by atoms with van der Waals surface area (Å²) in [6.07, 6.45) is 2.26. The van der Waals surface area contributed by atoms with Gasteiger partial charge in [0.1, 0.15) is 0 Å². The summed E-state index contributed by atoms with van der Waals surface area (Å²) in [5, 5.41) is 1.34. The molecule has 20 heavy (non-hydrogen) atoms. The Labute approximate surface area is 132 Å². The minimum Gasteiger partial charge on any atom is -0.326 e. The topological polar surface area (TPSA) is 26.0 Å². The zero-order valence-corrected chi connectivity index (χ0v) is 14.7. The first-order valence-electron chi connectivity index (χ1n) is 7.58. The van der Waals surface area contributed by atoms with Crippen molar-refractivity contribution in [2.75, 3.05) is 11.5 Å². The van der Waals surface area contributed by atoms with Gasteiger partial charge in [-0.15, -0.1) is 0 Å². The van der Waals surface area contributed by atoms with E-state index in [0.717, 1.165) is 11.7 Å². The van der Waals surface area contributed by atoms with Crippen molar-refractivity contribution >= 4 is 23.5 Å². The second-order valence-electron chi connectivity index (χ2n) is 5.90. The van der Waals surface area contributed by atoms with E-state index in [1.807, 2.05) is 0 Å². The molecule has 1 fully saturated rings. The quantitative estimate of drug-likeness (QED) is 0.906. The summed E-state index contributed by atoms with van der Waals surface area (Å²) in [6.45, 7) is 8.92. The first-order valence-corrected chi connectivity index (χ1v) is 9.68. The average molecular weight is 310 g/mol. The molecule has 0 amide bonds. The molecule has 3 unspecified atom stereocenters. The molecule has 0 saturated carbocycles. The maximum absolute atomic E-state index is 6.59. The molecule has 2 N–H and O–H groups in total. The highest BCUT2D eigenvalue weighted by molar-refractivity contribution is 8.07. The highest BCUT2D eigenvalue weighted by atomic mass is 32.2. The average Bonchev–Trinajstić information content (AvgIpc) is 2.42. The van der Waals surface area contributed by atoms with Crippen molar-refractivity contribution in [2.24, 2.45) is 5.73 Å². The van der Waals surface area contributed by atoms with E-state index in [1.165, 1.54) is 40.2 Å². The first-order chi connectivity index (χ1) is 9.52. The van der Waals surface area contributed by atoms with Crippen LogP contribution in [0.5, 0.6) is 0 Å². The molecule has 1 saturated heterocycles. The van der Waals surface area contributed by atoms with Crippen LogP contribution in [-0.2, 0) is 6.42 Å².